The molecule has 28 heavy (non-hydrogen) atoms. The molecule has 0 aliphatic rings. The van der Waals surface area contributed by atoms with Gasteiger partial charge in [0.05, 0.1) is 16.6 Å². The van der Waals surface area contributed by atoms with Crippen LogP contribution in [-0.4, -0.2) is 9.67 Å². The highest BCUT2D eigenvalue weighted by atomic mass is 35.5. The first-order valence-electron chi connectivity index (χ1n) is 8.20. The molecule has 0 saturated heterocycles. The molecule has 1 aromatic heterocycles. The zero-order valence-corrected chi connectivity index (χ0v) is 16.2. The van der Waals surface area contributed by atoms with Gasteiger partial charge >= 0.3 is 0 Å². The minimum absolute atomic E-state index is 0.0401. The normalized spacial score (nSPS) is 10.9. The largest absolute Gasteiger partial charge is 0.493 e. The fourth-order valence-corrected chi connectivity index (χ4v) is 2.98. The van der Waals surface area contributed by atoms with Crippen LogP contribution in [0.4, 0.5) is 11.4 Å². The summed E-state index contributed by atoms with van der Waals surface area (Å²) in [5.41, 5.74) is 0.640. The minimum atomic E-state index is -0.570. The third-order valence-electron chi connectivity index (χ3n) is 4.14. The molecule has 1 N–H and O–H groups in total. The molecular weight excluding hydrogens is 399 g/mol. The van der Waals surface area contributed by atoms with E-state index in [9.17, 15) is 15.2 Å². The SMILES string of the molecule is Cc1c(C#N)c(O)n(Cc2ccccc2)c(=O)c1N=Nc1cccc(Cl)c1Cl. The van der Waals surface area contributed by atoms with Crippen molar-refractivity contribution in [1.29, 1.82) is 5.26 Å². The molecule has 0 amide bonds. The summed E-state index contributed by atoms with van der Waals surface area (Å²) >= 11 is 12.1. The summed E-state index contributed by atoms with van der Waals surface area (Å²) in [6.07, 6.45) is 0. The quantitative estimate of drug-likeness (QED) is 0.572. The standard InChI is InChI=1S/C20H14Cl2N4O2/c1-12-14(10-23)19(27)26(11-13-6-3-2-4-7-13)20(28)18(12)25-24-16-9-5-8-15(21)17(16)22/h2-9,27H,11H2,1H3. The van der Waals surface area contributed by atoms with Crippen LogP contribution >= 0.6 is 23.2 Å². The number of hydrogen-bond acceptors (Lipinski definition) is 5. The van der Waals surface area contributed by atoms with E-state index in [0.29, 0.717) is 5.02 Å². The Hall–Kier alpha value is -3.14. The van der Waals surface area contributed by atoms with Gasteiger partial charge in [0.15, 0.2) is 5.69 Å². The molecule has 3 rings (SSSR count). The Morgan fingerprint density at radius 3 is 2.50 bits per heavy atom. The smallest absolute Gasteiger partial charge is 0.281 e. The van der Waals surface area contributed by atoms with Gasteiger partial charge in [-0.3, -0.25) is 9.36 Å². The van der Waals surface area contributed by atoms with Crippen LogP contribution in [-0.2, 0) is 6.54 Å². The number of halogens is 2. The second-order valence-corrected chi connectivity index (χ2v) is 6.72. The first-order valence-corrected chi connectivity index (χ1v) is 8.95. The maximum atomic E-state index is 12.9. The minimum Gasteiger partial charge on any atom is -0.493 e. The second-order valence-electron chi connectivity index (χ2n) is 5.93. The van der Waals surface area contributed by atoms with E-state index in [2.05, 4.69) is 10.2 Å². The molecule has 0 spiro atoms. The van der Waals surface area contributed by atoms with E-state index < -0.39 is 11.4 Å². The maximum absolute atomic E-state index is 12.9. The van der Waals surface area contributed by atoms with Crippen molar-refractivity contribution < 1.29 is 5.11 Å². The molecular formula is C20H14Cl2N4O2. The summed E-state index contributed by atoms with van der Waals surface area (Å²) < 4.78 is 1.09. The molecule has 8 heteroatoms. The predicted octanol–water partition coefficient (Wildman–Crippen LogP) is 5.50. The fraction of sp³-hybridized carbons (Fsp3) is 0.100. The zero-order valence-electron chi connectivity index (χ0n) is 14.7. The van der Waals surface area contributed by atoms with Crippen molar-refractivity contribution in [3.63, 3.8) is 0 Å². The third kappa shape index (κ3) is 3.77. The van der Waals surface area contributed by atoms with Crippen LogP contribution in [0.5, 0.6) is 5.88 Å². The second kappa shape index (κ2) is 8.26. The number of aromatic nitrogens is 1. The van der Waals surface area contributed by atoms with Gasteiger partial charge in [-0.2, -0.15) is 5.26 Å². The van der Waals surface area contributed by atoms with E-state index in [-0.39, 0.29) is 34.1 Å². The molecule has 0 bridgehead atoms. The van der Waals surface area contributed by atoms with Crippen molar-refractivity contribution in [1.82, 2.24) is 4.57 Å². The Labute approximate surface area is 170 Å². The molecule has 3 aromatic rings. The molecule has 0 aliphatic carbocycles. The Bertz CT molecular complexity index is 1170. The molecule has 0 saturated carbocycles. The van der Waals surface area contributed by atoms with Gasteiger partial charge in [-0.05, 0) is 24.6 Å². The molecule has 0 atom stereocenters. The molecule has 1 heterocycles. The van der Waals surface area contributed by atoms with Gasteiger partial charge in [-0.25, -0.2) is 0 Å². The Balaban J connectivity index is 2.14. The lowest BCUT2D eigenvalue weighted by Crippen LogP contribution is -2.22. The van der Waals surface area contributed by atoms with Gasteiger partial charge in [0, 0.05) is 5.56 Å². The summed E-state index contributed by atoms with van der Waals surface area (Å²) in [7, 11) is 0. The van der Waals surface area contributed by atoms with E-state index in [1.54, 1.807) is 18.2 Å². The Kier molecular flexibility index (Phi) is 5.78. The highest BCUT2D eigenvalue weighted by Gasteiger charge is 2.19. The molecule has 0 radical (unpaired) electrons. The van der Waals surface area contributed by atoms with E-state index in [1.807, 2.05) is 36.4 Å². The van der Waals surface area contributed by atoms with E-state index in [0.717, 1.165) is 10.1 Å². The average molecular weight is 413 g/mol. The highest BCUT2D eigenvalue weighted by Crippen LogP contribution is 2.33. The molecule has 6 nitrogen and oxygen atoms in total. The fourth-order valence-electron chi connectivity index (χ4n) is 2.64. The number of hydrogen-bond donors (Lipinski definition) is 1. The molecule has 0 unspecified atom stereocenters. The lowest BCUT2D eigenvalue weighted by molar-refractivity contribution is 0.412. The third-order valence-corrected chi connectivity index (χ3v) is 4.95. The summed E-state index contributed by atoms with van der Waals surface area (Å²) in [6.45, 7) is 1.61. The van der Waals surface area contributed by atoms with Crippen molar-refractivity contribution >= 4 is 34.6 Å². The number of benzene rings is 2. The summed E-state index contributed by atoms with van der Waals surface area (Å²) in [5.74, 6) is -0.409. The van der Waals surface area contributed by atoms with Crippen molar-refractivity contribution in [2.75, 3.05) is 0 Å². The van der Waals surface area contributed by atoms with E-state index >= 15 is 0 Å². The van der Waals surface area contributed by atoms with Crippen LogP contribution in [0.3, 0.4) is 0 Å². The molecule has 140 valence electrons. The Morgan fingerprint density at radius 2 is 1.82 bits per heavy atom. The molecule has 0 aliphatic heterocycles. The zero-order chi connectivity index (χ0) is 20.3. The predicted molar refractivity (Wildman–Crippen MR) is 108 cm³/mol. The van der Waals surface area contributed by atoms with Crippen LogP contribution in [0.1, 0.15) is 16.7 Å². The number of pyridine rings is 1. The van der Waals surface area contributed by atoms with Gasteiger partial charge in [0.25, 0.3) is 5.56 Å². The van der Waals surface area contributed by atoms with Crippen molar-refractivity contribution in [3.8, 4) is 11.9 Å². The van der Waals surface area contributed by atoms with E-state index in [4.69, 9.17) is 23.2 Å². The maximum Gasteiger partial charge on any atom is 0.281 e. The monoisotopic (exact) mass is 412 g/mol. The van der Waals surface area contributed by atoms with Crippen LogP contribution in [0.15, 0.2) is 63.6 Å². The van der Waals surface area contributed by atoms with Crippen molar-refractivity contribution in [2.24, 2.45) is 10.2 Å². The average Bonchev–Trinajstić information content (AvgIpc) is 2.69. The van der Waals surface area contributed by atoms with Gasteiger partial charge < -0.3 is 5.11 Å². The number of nitrogens with zero attached hydrogens (tertiary/aromatic N) is 4. The first kappa shape index (κ1) is 19.6. The van der Waals surface area contributed by atoms with Crippen molar-refractivity contribution in [3.05, 3.63) is 85.6 Å². The van der Waals surface area contributed by atoms with Gasteiger partial charge in [0.1, 0.15) is 17.3 Å². The number of nitriles is 1. The summed E-state index contributed by atoms with van der Waals surface area (Å²) in [6, 6.07) is 15.9. The molecule has 2 aromatic carbocycles. The van der Waals surface area contributed by atoms with Crippen LogP contribution in [0, 0.1) is 18.3 Å². The van der Waals surface area contributed by atoms with Crippen LogP contribution in [0.2, 0.25) is 10.0 Å². The van der Waals surface area contributed by atoms with Crippen molar-refractivity contribution in [2.45, 2.75) is 13.5 Å². The van der Waals surface area contributed by atoms with E-state index in [1.165, 1.54) is 6.92 Å². The van der Waals surface area contributed by atoms with Crippen LogP contribution < -0.4 is 5.56 Å². The van der Waals surface area contributed by atoms with Gasteiger partial charge in [0.2, 0.25) is 5.88 Å². The number of azo groups is 1. The molecule has 0 fully saturated rings. The number of aromatic hydroxyl groups is 1. The summed E-state index contributed by atoms with van der Waals surface area (Å²) in [4.78, 5) is 12.9. The Morgan fingerprint density at radius 1 is 1.11 bits per heavy atom. The number of rotatable bonds is 4. The van der Waals surface area contributed by atoms with Crippen LogP contribution in [0.25, 0.3) is 0 Å². The topological polar surface area (TPSA) is 90.7 Å². The lowest BCUT2D eigenvalue weighted by atomic mass is 10.1. The van der Waals surface area contributed by atoms with Gasteiger partial charge in [-0.15, -0.1) is 10.2 Å². The lowest BCUT2D eigenvalue weighted by Gasteiger charge is -2.13. The van der Waals surface area contributed by atoms with Gasteiger partial charge in [-0.1, -0.05) is 59.6 Å². The summed E-state index contributed by atoms with van der Waals surface area (Å²) in [5, 5.41) is 28.4. The first-order chi connectivity index (χ1) is 13.4. The highest BCUT2D eigenvalue weighted by molar-refractivity contribution is 6.43.